The molecule has 2 aromatic heterocycles. The van der Waals surface area contributed by atoms with E-state index in [0.29, 0.717) is 0 Å². The first kappa shape index (κ1) is 36.5. The van der Waals surface area contributed by atoms with Crippen molar-refractivity contribution in [2.45, 2.75) is 0 Å². The molecule has 0 spiro atoms. The molecule has 0 saturated heterocycles. The Morgan fingerprint density at radius 3 is 1.16 bits per heavy atom. The van der Waals surface area contributed by atoms with Crippen molar-refractivity contribution < 1.29 is 8.83 Å². The number of hydrogen-bond acceptors (Lipinski definition) is 3. The number of furan rings is 2. The van der Waals surface area contributed by atoms with Gasteiger partial charge < -0.3 is 13.7 Å². The van der Waals surface area contributed by atoms with Gasteiger partial charge in [0.1, 0.15) is 16.7 Å². The minimum Gasteiger partial charge on any atom is -0.455 e. The third-order valence-corrected chi connectivity index (χ3v) is 12.3. The second-order valence-corrected chi connectivity index (χ2v) is 16.0. The SMILES string of the molecule is c1ccc(-c2ccccc2-c2ccccc2-c2ccccc2-c2ccc(N(c3ccc(-c4cccc5c4oc4ccccc45)cc3)c3cccc4c3oc3ccccc34)cc2)cc1. The molecule has 12 aromatic rings. The Morgan fingerprint density at radius 1 is 0.238 bits per heavy atom. The summed E-state index contributed by atoms with van der Waals surface area (Å²) in [4.78, 5) is 2.31. The lowest BCUT2D eigenvalue weighted by molar-refractivity contribution is 0.669. The van der Waals surface area contributed by atoms with Crippen molar-refractivity contribution >= 4 is 60.9 Å². The molecule has 10 aromatic carbocycles. The standard InChI is InChI=1S/C60H39NO2/c1-2-16-40(17-3-1)45-18-4-6-20-48(45)50-22-8-9-23-51(50)49-21-7-5-19-46(49)41-32-36-43(37-33-41)61(56-29-15-28-55-53-25-11-13-31-58(53)63-60(55)56)44-38-34-42(35-39-44)47-26-14-27-54-52-24-10-12-30-57(52)62-59(47)54/h1-39H. The molecule has 0 N–H and O–H groups in total. The second-order valence-electron chi connectivity index (χ2n) is 16.0. The van der Waals surface area contributed by atoms with E-state index in [1.165, 1.54) is 38.9 Å². The van der Waals surface area contributed by atoms with E-state index < -0.39 is 0 Å². The van der Waals surface area contributed by atoms with Crippen LogP contribution in [0.5, 0.6) is 0 Å². The Morgan fingerprint density at radius 2 is 0.603 bits per heavy atom. The fourth-order valence-electron chi connectivity index (χ4n) is 9.40. The molecule has 0 saturated carbocycles. The first-order valence-electron chi connectivity index (χ1n) is 21.4. The van der Waals surface area contributed by atoms with E-state index in [4.69, 9.17) is 8.83 Å². The summed E-state index contributed by atoms with van der Waals surface area (Å²) in [7, 11) is 0. The number of anilines is 3. The van der Waals surface area contributed by atoms with Crippen molar-refractivity contribution in [3.63, 3.8) is 0 Å². The maximum atomic E-state index is 6.67. The largest absolute Gasteiger partial charge is 0.455 e. The molecule has 12 rings (SSSR count). The summed E-state index contributed by atoms with van der Waals surface area (Å²) < 4.78 is 13.1. The summed E-state index contributed by atoms with van der Waals surface area (Å²) in [5.74, 6) is 0. The van der Waals surface area contributed by atoms with Crippen LogP contribution in [0.4, 0.5) is 17.1 Å². The summed E-state index contributed by atoms with van der Waals surface area (Å²) >= 11 is 0. The van der Waals surface area contributed by atoms with Gasteiger partial charge in [-0.25, -0.2) is 0 Å². The minimum atomic E-state index is 0.844. The van der Waals surface area contributed by atoms with E-state index in [1.807, 2.05) is 24.3 Å². The Balaban J connectivity index is 0.968. The van der Waals surface area contributed by atoms with Gasteiger partial charge in [-0.15, -0.1) is 0 Å². The first-order chi connectivity index (χ1) is 31.3. The van der Waals surface area contributed by atoms with Crippen LogP contribution < -0.4 is 4.90 Å². The normalized spacial score (nSPS) is 11.5. The zero-order chi connectivity index (χ0) is 41.7. The van der Waals surface area contributed by atoms with Crippen molar-refractivity contribution in [3.8, 4) is 55.6 Å². The van der Waals surface area contributed by atoms with Crippen molar-refractivity contribution in [2.24, 2.45) is 0 Å². The molecule has 296 valence electrons. The summed E-state index contributed by atoms with van der Waals surface area (Å²) in [6.45, 7) is 0. The summed E-state index contributed by atoms with van der Waals surface area (Å²) in [6, 6.07) is 84.0. The maximum absolute atomic E-state index is 6.67. The molecule has 0 fully saturated rings. The Hall–Kier alpha value is -8.40. The average molecular weight is 806 g/mol. The van der Waals surface area contributed by atoms with Crippen LogP contribution in [-0.4, -0.2) is 0 Å². The lowest BCUT2D eigenvalue weighted by Gasteiger charge is -2.26. The summed E-state index contributed by atoms with van der Waals surface area (Å²) in [5.41, 5.74) is 18.2. The molecule has 0 unspecified atom stereocenters. The molecular weight excluding hydrogens is 767 g/mol. The minimum absolute atomic E-state index is 0.844. The molecule has 0 bridgehead atoms. The van der Waals surface area contributed by atoms with Gasteiger partial charge in [-0.05, 0) is 92.5 Å². The number of nitrogens with zero attached hydrogens (tertiary/aromatic N) is 1. The lowest BCUT2D eigenvalue weighted by Crippen LogP contribution is -2.10. The molecular formula is C60H39NO2. The number of hydrogen-bond donors (Lipinski definition) is 0. The predicted molar refractivity (Wildman–Crippen MR) is 263 cm³/mol. The number of benzene rings is 10. The Kier molecular flexibility index (Phi) is 8.83. The highest BCUT2D eigenvalue weighted by atomic mass is 16.3. The predicted octanol–water partition coefficient (Wildman–Crippen LogP) is 17.3. The van der Waals surface area contributed by atoms with Gasteiger partial charge >= 0.3 is 0 Å². The Labute approximate surface area is 365 Å². The highest BCUT2D eigenvalue weighted by Crippen LogP contribution is 2.45. The number of para-hydroxylation sites is 4. The lowest BCUT2D eigenvalue weighted by atomic mass is 9.87. The number of rotatable bonds is 8. The average Bonchev–Trinajstić information content (AvgIpc) is 3.94. The van der Waals surface area contributed by atoms with Crippen LogP contribution in [0, 0.1) is 0 Å². The zero-order valence-electron chi connectivity index (χ0n) is 34.3. The van der Waals surface area contributed by atoms with Crippen LogP contribution in [0.15, 0.2) is 245 Å². The van der Waals surface area contributed by atoms with Gasteiger partial charge in [0.05, 0.1) is 5.69 Å². The van der Waals surface area contributed by atoms with Crippen LogP contribution in [0.2, 0.25) is 0 Å². The summed E-state index contributed by atoms with van der Waals surface area (Å²) in [5, 5.41) is 4.42. The van der Waals surface area contributed by atoms with Crippen molar-refractivity contribution in [1.29, 1.82) is 0 Å². The first-order valence-corrected chi connectivity index (χ1v) is 21.4. The van der Waals surface area contributed by atoms with Crippen LogP contribution in [0.1, 0.15) is 0 Å². The van der Waals surface area contributed by atoms with Crippen LogP contribution >= 0.6 is 0 Å². The van der Waals surface area contributed by atoms with E-state index in [-0.39, 0.29) is 0 Å². The van der Waals surface area contributed by atoms with E-state index in [1.54, 1.807) is 0 Å². The molecule has 0 radical (unpaired) electrons. The fourth-order valence-corrected chi connectivity index (χ4v) is 9.40. The van der Waals surface area contributed by atoms with Crippen molar-refractivity contribution in [2.75, 3.05) is 4.90 Å². The van der Waals surface area contributed by atoms with Gasteiger partial charge in [0.15, 0.2) is 5.58 Å². The molecule has 3 heteroatoms. The zero-order valence-corrected chi connectivity index (χ0v) is 34.3. The van der Waals surface area contributed by atoms with Gasteiger partial charge in [0, 0.05) is 38.5 Å². The maximum Gasteiger partial charge on any atom is 0.159 e. The molecule has 3 nitrogen and oxygen atoms in total. The van der Waals surface area contributed by atoms with Gasteiger partial charge in [0.25, 0.3) is 0 Å². The van der Waals surface area contributed by atoms with Crippen molar-refractivity contribution in [1.82, 2.24) is 0 Å². The van der Waals surface area contributed by atoms with Crippen LogP contribution in [0.25, 0.3) is 99.5 Å². The molecule has 0 aliphatic carbocycles. The van der Waals surface area contributed by atoms with Gasteiger partial charge in [-0.3, -0.25) is 0 Å². The summed E-state index contributed by atoms with van der Waals surface area (Å²) in [6.07, 6.45) is 0. The number of fused-ring (bicyclic) bond motifs is 6. The second kappa shape index (κ2) is 15.3. The monoisotopic (exact) mass is 805 g/mol. The fraction of sp³-hybridized carbons (Fsp3) is 0. The van der Waals surface area contributed by atoms with Crippen molar-refractivity contribution in [3.05, 3.63) is 237 Å². The van der Waals surface area contributed by atoms with Gasteiger partial charge in [0.2, 0.25) is 0 Å². The molecule has 0 aliphatic rings. The van der Waals surface area contributed by atoms with Crippen LogP contribution in [0.3, 0.4) is 0 Å². The topological polar surface area (TPSA) is 29.5 Å². The van der Waals surface area contributed by atoms with Gasteiger partial charge in [-0.2, -0.15) is 0 Å². The molecule has 2 heterocycles. The van der Waals surface area contributed by atoms with Gasteiger partial charge in [-0.1, -0.05) is 194 Å². The highest BCUT2D eigenvalue weighted by molar-refractivity contribution is 6.11. The van der Waals surface area contributed by atoms with Crippen LogP contribution in [-0.2, 0) is 0 Å². The van der Waals surface area contributed by atoms with E-state index in [0.717, 1.165) is 77.6 Å². The Bertz CT molecular complexity index is 3620. The molecule has 0 amide bonds. The van der Waals surface area contributed by atoms with E-state index in [9.17, 15) is 0 Å². The van der Waals surface area contributed by atoms with E-state index in [2.05, 4.69) is 217 Å². The third-order valence-electron chi connectivity index (χ3n) is 12.3. The molecule has 0 aliphatic heterocycles. The molecule has 63 heavy (non-hydrogen) atoms. The quantitative estimate of drug-likeness (QED) is 0.153. The third kappa shape index (κ3) is 6.29. The smallest absolute Gasteiger partial charge is 0.159 e. The molecule has 0 atom stereocenters. The van der Waals surface area contributed by atoms with E-state index >= 15 is 0 Å². The highest BCUT2D eigenvalue weighted by Gasteiger charge is 2.21.